The van der Waals surface area contributed by atoms with Gasteiger partial charge in [-0.15, -0.1) is 0 Å². The largest absolute Gasteiger partial charge is 0.314 e. The fraction of sp³-hybridized carbons (Fsp3) is 1.00. The Balaban J connectivity index is 1.71. The maximum atomic E-state index is 12.0. The normalized spacial score (nSPS) is 27.0. The lowest BCUT2D eigenvalue weighted by molar-refractivity contribution is 0.268. The van der Waals surface area contributed by atoms with Gasteiger partial charge in [-0.2, -0.15) is 0 Å². The zero-order valence-corrected chi connectivity index (χ0v) is 14.3. The van der Waals surface area contributed by atoms with Gasteiger partial charge in [0.15, 0.2) is 0 Å². The summed E-state index contributed by atoms with van der Waals surface area (Å²) in [6, 6.07) is 1.64. The first-order valence-corrected chi connectivity index (χ1v) is 10.1. The molecule has 0 saturated carbocycles. The molecule has 2 rings (SSSR count). The van der Waals surface area contributed by atoms with Crippen LogP contribution in [0.3, 0.4) is 0 Å². The van der Waals surface area contributed by atoms with Crippen molar-refractivity contribution in [2.24, 2.45) is 0 Å². The number of sulfonamides is 1. The summed E-state index contributed by atoms with van der Waals surface area (Å²) in [4.78, 5) is 0. The lowest BCUT2D eigenvalue weighted by Crippen LogP contribution is -2.48. The van der Waals surface area contributed by atoms with Gasteiger partial charge >= 0.3 is 0 Å². The molecule has 21 heavy (non-hydrogen) atoms. The summed E-state index contributed by atoms with van der Waals surface area (Å²) in [5, 5.41) is 7.23. The van der Waals surface area contributed by atoms with E-state index in [0.717, 1.165) is 19.4 Å². The lowest BCUT2D eigenvalue weighted by Gasteiger charge is -2.33. The van der Waals surface area contributed by atoms with Crippen LogP contribution >= 0.6 is 0 Å². The summed E-state index contributed by atoms with van der Waals surface area (Å²) in [6.07, 6.45) is 6.34. The summed E-state index contributed by atoms with van der Waals surface area (Å²) in [5.41, 5.74) is 0. The maximum absolute atomic E-state index is 12.0. The lowest BCUT2D eigenvalue weighted by atomic mass is 10.0. The average molecular weight is 317 g/mol. The molecule has 2 aliphatic heterocycles. The number of nitrogens with zero attached hydrogens (tertiary/aromatic N) is 1. The first-order valence-electron chi connectivity index (χ1n) is 8.48. The molecule has 0 bridgehead atoms. The molecule has 2 atom stereocenters. The molecular formula is C15H31N3O2S. The predicted molar refractivity (Wildman–Crippen MR) is 86.9 cm³/mol. The second-order valence-corrected chi connectivity index (χ2v) is 8.67. The van der Waals surface area contributed by atoms with E-state index in [0.29, 0.717) is 37.6 Å². The zero-order valence-electron chi connectivity index (χ0n) is 13.5. The highest BCUT2D eigenvalue weighted by atomic mass is 32.2. The molecule has 0 radical (unpaired) electrons. The molecule has 2 fully saturated rings. The van der Waals surface area contributed by atoms with Crippen LogP contribution in [-0.2, 0) is 10.0 Å². The van der Waals surface area contributed by atoms with E-state index in [1.165, 1.54) is 19.3 Å². The fourth-order valence-corrected chi connectivity index (χ4v) is 5.08. The molecule has 0 amide bonds. The molecular weight excluding hydrogens is 286 g/mol. The van der Waals surface area contributed by atoms with Crippen LogP contribution < -0.4 is 10.6 Å². The van der Waals surface area contributed by atoms with E-state index < -0.39 is 10.0 Å². The third-order valence-corrected chi connectivity index (χ3v) is 6.71. The molecule has 124 valence electrons. The Hall–Kier alpha value is -0.170. The number of piperidine rings is 1. The number of hydrogen-bond donors (Lipinski definition) is 2. The molecule has 6 heteroatoms. The molecule has 2 saturated heterocycles. The topological polar surface area (TPSA) is 61.4 Å². The minimum atomic E-state index is -3.01. The Morgan fingerprint density at radius 2 is 2.00 bits per heavy atom. The van der Waals surface area contributed by atoms with Gasteiger partial charge in [0, 0.05) is 31.2 Å². The van der Waals surface area contributed by atoms with Crippen molar-refractivity contribution in [3.8, 4) is 0 Å². The van der Waals surface area contributed by atoms with Gasteiger partial charge in [0.1, 0.15) is 0 Å². The molecule has 0 aromatic carbocycles. The van der Waals surface area contributed by atoms with Crippen molar-refractivity contribution in [3.63, 3.8) is 0 Å². The molecule has 0 spiro atoms. The maximum Gasteiger partial charge on any atom is 0.214 e. The van der Waals surface area contributed by atoms with Crippen LogP contribution in [0.5, 0.6) is 0 Å². The minimum absolute atomic E-state index is 0.287. The molecule has 0 aromatic heterocycles. The predicted octanol–water partition coefficient (Wildman–Crippen LogP) is 1.31. The van der Waals surface area contributed by atoms with E-state index in [4.69, 9.17) is 0 Å². The molecule has 2 unspecified atom stereocenters. The summed E-state index contributed by atoms with van der Waals surface area (Å²) < 4.78 is 25.8. The highest BCUT2D eigenvalue weighted by Crippen LogP contribution is 2.17. The van der Waals surface area contributed by atoms with Crippen molar-refractivity contribution in [3.05, 3.63) is 0 Å². The van der Waals surface area contributed by atoms with Gasteiger partial charge in [-0.25, -0.2) is 12.7 Å². The number of hydrogen-bond acceptors (Lipinski definition) is 4. The Morgan fingerprint density at radius 3 is 2.57 bits per heavy atom. The Labute approximate surface area is 129 Å². The molecule has 5 nitrogen and oxygen atoms in total. The van der Waals surface area contributed by atoms with Crippen LogP contribution in [0.25, 0.3) is 0 Å². The summed E-state index contributed by atoms with van der Waals surface area (Å²) in [5.74, 6) is 0.287. The summed E-state index contributed by atoms with van der Waals surface area (Å²) in [6.45, 7) is 6.68. The van der Waals surface area contributed by atoms with Gasteiger partial charge in [-0.1, -0.05) is 6.92 Å². The van der Waals surface area contributed by atoms with Gasteiger partial charge in [0.05, 0.1) is 5.75 Å². The van der Waals surface area contributed by atoms with E-state index in [9.17, 15) is 8.42 Å². The van der Waals surface area contributed by atoms with Gasteiger partial charge in [-0.05, 0) is 52.0 Å². The number of rotatable bonds is 7. The molecule has 2 aliphatic rings. The number of nitrogens with one attached hydrogen (secondary N) is 2. The standard InChI is InChI=1S/C15H31N3O2S/c1-3-11-21(19,20)18-9-6-14(7-10-18)17-13(2)12-15-5-4-8-16-15/h13-17H,3-12H2,1-2H3. The van der Waals surface area contributed by atoms with Crippen molar-refractivity contribution < 1.29 is 8.42 Å². The fourth-order valence-electron chi connectivity index (χ4n) is 3.54. The van der Waals surface area contributed by atoms with Crippen molar-refractivity contribution in [2.75, 3.05) is 25.4 Å². The van der Waals surface area contributed by atoms with Gasteiger partial charge in [0.25, 0.3) is 0 Å². The first kappa shape index (κ1) is 17.2. The second-order valence-electron chi connectivity index (χ2n) is 6.59. The highest BCUT2D eigenvalue weighted by molar-refractivity contribution is 7.89. The third kappa shape index (κ3) is 5.20. The van der Waals surface area contributed by atoms with Crippen molar-refractivity contribution in [2.45, 2.75) is 70.5 Å². The molecule has 2 N–H and O–H groups in total. The monoisotopic (exact) mass is 317 g/mol. The van der Waals surface area contributed by atoms with Crippen LogP contribution in [0.1, 0.15) is 52.4 Å². The quantitative estimate of drug-likeness (QED) is 0.743. The van der Waals surface area contributed by atoms with E-state index in [1.54, 1.807) is 4.31 Å². The smallest absolute Gasteiger partial charge is 0.214 e. The van der Waals surface area contributed by atoms with Crippen LogP contribution in [0.2, 0.25) is 0 Å². The van der Waals surface area contributed by atoms with Gasteiger partial charge < -0.3 is 10.6 Å². The Morgan fingerprint density at radius 1 is 1.29 bits per heavy atom. The summed E-state index contributed by atoms with van der Waals surface area (Å²) in [7, 11) is -3.01. The Kier molecular flexibility index (Phi) is 6.47. The minimum Gasteiger partial charge on any atom is -0.314 e. The molecule has 2 heterocycles. The van der Waals surface area contributed by atoms with E-state index >= 15 is 0 Å². The SMILES string of the molecule is CCCS(=O)(=O)N1CCC(NC(C)CC2CCCN2)CC1. The average Bonchev–Trinajstić information content (AvgIpc) is 2.92. The van der Waals surface area contributed by atoms with Gasteiger partial charge in [-0.3, -0.25) is 0 Å². The van der Waals surface area contributed by atoms with Crippen molar-refractivity contribution >= 4 is 10.0 Å². The van der Waals surface area contributed by atoms with Gasteiger partial charge in [0.2, 0.25) is 10.0 Å². The first-order chi connectivity index (χ1) is 10.0. The second kappa shape index (κ2) is 7.90. The van der Waals surface area contributed by atoms with E-state index in [-0.39, 0.29) is 5.75 Å². The van der Waals surface area contributed by atoms with Crippen LogP contribution in [0.15, 0.2) is 0 Å². The molecule has 0 aliphatic carbocycles. The van der Waals surface area contributed by atoms with Crippen LogP contribution in [-0.4, -0.2) is 56.2 Å². The Bertz CT molecular complexity index is 399. The van der Waals surface area contributed by atoms with Crippen LogP contribution in [0.4, 0.5) is 0 Å². The van der Waals surface area contributed by atoms with Crippen molar-refractivity contribution in [1.29, 1.82) is 0 Å². The van der Waals surface area contributed by atoms with Crippen molar-refractivity contribution in [1.82, 2.24) is 14.9 Å². The third-order valence-electron chi connectivity index (χ3n) is 4.63. The molecule has 0 aromatic rings. The highest BCUT2D eigenvalue weighted by Gasteiger charge is 2.28. The summed E-state index contributed by atoms with van der Waals surface area (Å²) >= 11 is 0. The zero-order chi connectivity index (χ0) is 15.3. The van der Waals surface area contributed by atoms with Crippen LogP contribution in [0, 0.1) is 0 Å². The van der Waals surface area contributed by atoms with E-state index in [1.807, 2.05) is 6.92 Å². The van der Waals surface area contributed by atoms with E-state index in [2.05, 4.69) is 17.6 Å².